The minimum atomic E-state index is -1.11. The van der Waals surface area contributed by atoms with Crippen molar-refractivity contribution in [1.82, 2.24) is 14.3 Å². The van der Waals surface area contributed by atoms with Crippen LogP contribution in [0.3, 0.4) is 0 Å². The lowest BCUT2D eigenvalue weighted by atomic mass is 10.1. The van der Waals surface area contributed by atoms with E-state index in [2.05, 4.69) is 29.6 Å². The zero-order valence-corrected chi connectivity index (χ0v) is 24.4. The second-order valence-electron chi connectivity index (χ2n) is 10.1. The van der Waals surface area contributed by atoms with Crippen LogP contribution in [-0.2, 0) is 0 Å². The number of H-pyrrole nitrogens is 1. The van der Waals surface area contributed by atoms with Crippen LogP contribution in [0.4, 0.5) is 5.69 Å². The molecule has 0 saturated heterocycles. The minimum absolute atomic E-state index is 0.0461. The lowest BCUT2D eigenvalue weighted by Crippen LogP contribution is -2.23. The van der Waals surface area contributed by atoms with Gasteiger partial charge in [-0.15, -0.1) is 5.73 Å². The number of aromatic amines is 1. The number of aryl methyl sites for hydroxylation is 1. The van der Waals surface area contributed by atoms with Gasteiger partial charge < -0.3 is 15.1 Å². The van der Waals surface area contributed by atoms with Gasteiger partial charge in [0.1, 0.15) is 5.65 Å². The highest BCUT2D eigenvalue weighted by Gasteiger charge is 2.21. The van der Waals surface area contributed by atoms with E-state index >= 15 is 0 Å². The van der Waals surface area contributed by atoms with E-state index < -0.39 is 23.1 Å². The number of fused-ring (bicyclic) bond motifs is 1. The van der Waals surface area contributed by atoms with Crippen molar-refractivity contribution in [3.63, 3.8) is 0 Å². The summed E-state index contributed by atoms with van der Waals surface area (Å²) in [6, 6.07) is 19.5. The molecule has 0 saturated carbocycles. The Morgan fingerprint density at radius 1 is 0.795 bits per heavy atom. The lowest BCUT2D eigenvalue weighted by molar-refractivity contribution is 0.0686. The number of hydrogen-bond donors (Lipinski definition) is 3. The number of rotatable bonds is 9. The van der Waals surface area contributed by atoms with Gasteiger partial charge in [-0.1, -0.05) is 12.1 Å². The maximum Gasteiger partial charge on any atom is 0.335 e. The summed E-state index contributed by atoms with van der Waals surface area (Å²) in [5, 5.41) is 21.9. The average Bonchev–Trinajstić information content (AvgIpc) is 3.37. The number of hydrogen-bond acceptors (Lipinski definition) is 5. The maximum absolute atomic E-state index is 14.0. The molecule has 0 amide bonds. The standard InChI is InChI=1S/C34H30N4O6/c1-4-36(5-2)25-15-9-22(10-16-25)7-6-8-28-21(3)29-30(37(31(28)39)26-17-11-23(12-18-26)33(41)42)35-38(32(29)40)27-19-13-24(14-20-27)34(43)44/h7-20,35H,4-5H2,1-3H3,(H,41,42)(H,43,44). The highest BCUT2D eigenvalue weighted by Crippen LogP contribution is 2.22. The van der Waals surface area contributed by atoms with E-state index in [4.69, 9.17) is 0 Å². The Bertz CT molecular complexity index is 2060. The first-order chi connectivity index (χ1) is 21.1. The SMILES string of the molecule is CCN(CC)c1ccc(C=C=Cc2c(C)c3c(=O)n(-c4ccc(C(=O)O)cc4)[nH]c3n(-c3ccc(C(=O)O)cc3)c2=O)cc1. The molecule has 3 N–H and O–H groups in total. The van der Waals surface area contributed by atoms with Crippen LogP contribution < -0.4 is 16.0 Å². The van der Waals surface area contributed by atoms with Crippen molar-refractivity contribution < 1.29 is 19.8 Å². The van der Waals surface area contributed by atoms with Gasteiger partial charge in [-0.3, -0.25) is 19.3 Å². The Labute approximate surface area is 252 Å². The fourth-order valence-electron chi connectivity index (χ4n) is 5.14. The minimum Gasteiger partial charge on any atom is -0.478 e. The smallest absolute Gasteiger partial charge is 0.335 e. The lowest BCUT2D eigenvalue weighted by Gasteiger charge is -2.20. The monoisotopic (exact) mass is 590 g/mol. The van der Waals surface area contributed by atoms with Gasteiger partial charge in [0, 0.05) is 18.8 Å². The Morgan fingerprint density at radius 2 is 1.34 bits per heavy atom. The van der Waals surface area contributed by atoms with Crippen molar-refractivity contribution in [2.75, 3.05) is 18.0 Å². The molecule has 0 atom stereocenters. The number of carboxylic acid groups (broad SMARTS) is 2. The molecule has 2 aromatic heterocycles. The second-order valence-corrected chi connectivity index (χ2v) is 10.1. The van der Waals surface area contributed by atoms with E-state index in [-0.39, 0.29) is 27.7 Å². The van der Waals surface area contributed by atoms with E-state index in [1.807, 2.05) is 24.3 Å². The van der Waals surface area contributed by atoms with Crippen LogP contribution >= 0.6 is 0 Å². The number of carboxylic acids is 2. The highest BCUT2D eigenvalue weighted by molar-refractivity contribution is 5.89. The molecule has 0 aliphatic rings. The fourth-order valence-corrected chi connectivity index (χ4v) is 5.14. The molecule has 0 unspecified atom stereocenters. The van der Waals surface area contributed by atoms with E-state index in [9.17, 15) is 29.4 Å². The Hall–Kier alpha value is -5.86. The normalized spacial score (nSPS) is 10.8. The van der Waals surface area contributed by atoms with Crippen LogP contribution in [0.25, 0.3) is 34.6 Å². The largest absolute Gasteiger partial charge is 0.478 e. The summed E-state index contributed by atoms with van der Waals surface area (Å²) in [6.07, 6.45) is 3.29. The summed E-state index contributed by atoms with van der Waals surface area (Å²) in [6.45, 7) is 7.67. The molecule has 222 valence electrons. The van der Waals surface area contributed by atoms with Gasteiger partial charge in [-0.2, -0.15) is 0 Å². The Morgan fingerprint density at radius 3 is 1.86 bits per heavy atom. The van der Waals surface area contributed by atoms with Gasteiger partial charge in [0.25, 0.3) is 11.1 Å². The van der Waals surface area contributed by atoms with Crippen molar-refractivity contribution in [3.8, 4) is 11.4 Å². The highest BCUT2D eigenvalue weighted by atomic mass is 16.4. The van der Waals surface area contributed by atoms with Crippen molar-refractivity contribution >= 4 is 40.8 Å². The van der Waals surface area contributed by atoms with Gasteiger partial charge in [-0.25, -0.2) is 14.3 Å². The van der Waals surface area contributed by atoms with E-state index in [0.29, 0.717) is 16.9 Å². The molecule has 10 heteroatoms. The molecular weight excluding hydrogens is 560 g/mol. The van der Waals surface area contributed by atoms with E-state index in [1.165, 1.54) is 63.9 Å². The maximum atomic E-state index is 14.0. The molecule has 0 aliphatic carbocycles. The van der Waals surface area contributed by atoms with Crippen LogP contribution in [0.15, 0.2) is 88.1 Å². The van der Waals surface area contributed by atoms with Crippen LogP contribution in [0.1, 0.15) is 51.3 Å². The summed E-state index contributed by atoms with van der Waals surface area (Å²) >= 11 is 0. The number of aromatic carboxylic acids is 2. The zero-order chi connectivity index (χ0) is 31.5. The number of benzene rings is 3. The third-order valence-corrected chi connectivity index (χ3v) is 7.55. The molecule has 3 aromatic carbocycles. The quantitative estimate of drug-likeness (QED) is 0.197. The molecule has 0 fully saturated rings. The second kappa shape index (κ2) is 12.2. The first kappa shape index (κ1) is 29.6. The van der Waals surface area contributed by atoms with Crippen molar-refractivity contribution in [2.24, 2.45) is 0 Å². The van der Waals surface area contributed by atoms with Crippen LogP contribution in [-0.4, -0.2) is 49.6 Å². The predicted octanol–water partition coefficient (Wildman–Crippen LogP) is 5.35. The Balaban J connectivity index is 1.69. The summed E-state index contributed by atoms with van der Waals surface area (Å²) < 4.78 is 2.56. The number of anilines is 1. The molecule has 44 heavy (non-hydrogen) atoms. The Kier molecular flexibility index (Phi) is 8.19. The van der Waals surface area contributed by atoms with Crippen molar-refractivity contribution in [2.45, 2.75) is 20.8 Å². The molecule has 5 aromatic rings. The van der Waals surface area contributed by atoms with Crippen LogP contribution in [0.2, 0.25) is 0 Å². The summed E-state index contributed by atoms with van der Waals surface area (Å²) in [7, 11) is 0. The molecule has 2 heterocycles. The van der Waals surface area contributed by atoms with E-state index in [0.717, 1.165) is 24.3 Å². The fraction of sp³-hybridized carbons (Fsp3) is 0.147. The third-order valence-electron chi connectivity index (χ3n) is 7.55. The third kappa shape index (κ3) is 5.49. The first-order valence-electron chi connectivity index (χ1n) is 14.0. The predicted molar refractivity (Wildman–Crippen MR) is 171 cm³/mol. The average molecular weight is 591 g/mol. The zero-order valence-electron chi connectivity index (χ0n) is 24.4. The molecular formula is C34H30N4O6. The van der Waals surface area contributed by atoms with Crippen molar-refractivity contribution in [3.05, 3.63) is 127 Å². The first-order valence-corrected chi connectivity index (χ1v) is 14.0. The van der Waals surface area contributed by atoms with Gasteiger partial charge in [-0.05, 0) is 105 Å². The summed E-state index contributed by atoms with van der Waals surface area (Å²) in [4.78, 5) is 52.8. The van der Waals surface area contributed by atoms with E-state index in [1.54, 1.807) is 13.0 Å². The molecule has 0 aliphatic heterocycles. The molecule has 0 spiro atoms. The van der Waals surface area contributed by atoms with Crippen molar-refractivity contribution in [1.29, 1.82) is 0 Å². The van der Waals surface area contributed by atoms with Crippen LogP contribution in [0.5, 0.6) is 0 Å². The van der Waals surface area contributed by atoms with Gasteiger partial charge in [0.15, 0.2) is 0 Å². The van der Waals surface area contributed by atoms with Gasteiger partial charge in [0.2, 0.25) is 0 Å². The molecule has 0 bridgehead atoms. The molecule has 0 radical (unpaired) electrons. The number of pyridine rings is 1. The number of nitrogens with zero attached hydrogens (tertiary/aromatic N) is 3. The summed E-state index contributed by atoms with van der Waals surface area (Å²) in [5.41, 5.74) is 5.91. The number of carbonyl (C=O) groups is 2. The topological polar surface area (TPSA) is 138 Å². The molecule has 5 rings (SSSR count). The van der Waals surface area contributed by atoms with Gasteiger partial charge in [0.05, 0.1) is 33.5 Å². The van der Waals surface area contributed by atoms with Gasteiger partial charge >= 0.3 is 11.9 Å². The number of nitrogens with one attached hydrogen (secondary N) is 1. The molecule has 10 nitrogen and oxygen atoms in total. The van der Waals surface area contributed by atoms with Crippen LogP contribution in [0, 0.1) is 6.92 Å². The number of aromatic nitrogens is 3. The summed E-state index contributed by atoms with van der Waals surface area (Å²) in [5.74, 6) is -2.21.